The van der Waals surface area contributed by atoms with Crippen LogP contribution in [0.25, 0.3) is 0 Å². The van der Waals surface area contributed by atoms with Crippen LogP contribution in [0.1, 0.15) is 92.9 Å². The predicted octanol–water partition coefficient (Wildman–Crippen LogP) is 5.79. The minimum atomic E-state index is -2.08. The fourth-order valence-corrected chi connectivity index (χ4v) is 3.54. The summed E-state index contributed by atoms with van der Waals surface area (Å²) in [7, 11) is 0. The van der Waals surface area contributed by atoms with Crippen molar-refractivity contribution in [1.82, 2.24) is 4.31 Å². The maximum atomic E-state index is 11.5. The van der Waals surface area contributed by atoms with E-state index in [1.165, 1.54) is 38.5 Å². The Labute approximate surface area is 154 Å². The molecule has 0 heterocycles. The monoisotopic (exact) mass is 360 g/mol. The summed E-state index contributed by atoms with van der Waals surface area (Å²) in [6.45, 7) is 14.9. The molecule has 0 fully saturated rings. The molecular weight excluding hydrogens is 318 g/mol. The number of rotatable bonds is 15. The summed E-state index contributed by atoms with van der Waals surface area (Å²) in [5, 5.41) is 0. The molecular formula is C20H42NO2S-. The van der Waals surface area contributed by atoms with E-state index in [4.69, 9.17) is 0 Å². The molecule has 0 bridgehead atoms. The lowest BCUT2D eigenvalue weighted by molar-refractivity contribution is 0.318. The van der Waals surface area contributed by atoms with E-state index in [1.54, 1.807) is 4.31 Å². The molecule has 0 aromatic heterocycles. The van der Waals surface area contributed by atoms with E-state index in [2.05, 4.69) is 41.5 Å². The summed E-state index contributed by atoms with van der Waals surface area (Å²) in [6, 6.07) is 0. The van der Waals surface area contributed by atoms with Gasteiger partial charge in [0.25, 0.3) is 0 Å². The predicted molar refractivity (Wildman–Crippen MR) is 105 cm³/mol. The SMILES string of the molecule is CC(C)CCCC(C)CCN(CCC(C)CCCC(C)C)S(=O)[O-]. The van der Waals surface area contributed by atoms with Crippen molar-refractivity contribution < 1.29 is 8.76 Å². The summed E-state index contributed by atoms with van der Waals surface area (Å²) >= 11 is -2.08. The Kier molecular flexibility index (Phi) is 14.3. The Hall–Kier alpha value is 0.0700. The van der Waals surface area contributed by atoms with Gasteiger partial charge in [-0.1, -0.05) is 80.1 Å². The Balaban J connectivity index is 3.98. The molecule has 0 aliphatic heterocycles. The minimum absolute atomic E-state index is 0.610. The van der Waals surface area contributed by atoms with E-state index in [0.717, 1.165) is 24.7 Å². The zero-order valence-corrected chi connectivity index (χ0v) is 17.9. The standard InChI is InChI=1S/C20H43NO2S/c1-17(2)9-7-11-19(5)13-15-21(24(22)23)16-14-20(6)12-8-10-18(3)4/h17-20H,7-16H2,1-6H3,(H,22,23)/p-1. The zero-order chi connectivity index (χ0) is 18.5. The van der Waals surface area contributed by atoms with Gasteiger partial charge >= 0.3 is 0 Å². The van der Waals surface area contributed by atoms with Gasteiger partial charge in [0.2, 0.25) is 0 Å². The fraction of sp³-hybridized carbons (Fsp3) is 1.00. The fourth-order valence-electron chi connectivity index (χ4n) is 3.03. The highest BCUT2D eigenvalue weighted by Crippen LogP contribution is 2.18. The summed E-state index contributed by atoms with van der Waals surface area (Å²) in [6.07, 6.45) is 9.44. The van der Waals surface area contributed by atoms with Gasteiger partial charge < -0.3 is 4.55 Å². The Morgan fingerprint density at radius 1 is 0.708 bits per heavy atom. The minimum Gasteiger partial charge on any atom is -0.760 e. The van der Waals surface area contributed by atoms with Crippen LogP contribution in [0.3, 0.4) is 0 Å². The number of hydrogen-bond acceptors (Lipinski definition) is 2. The van der Waals surface area contributed by atoms with Crippen LogP contribution in [-0.2, 0) is 11.3 Å². The quantitative estimate of drug-likeness (QED) is 0.347. The first-order valence-electron chi connectivity index (χ1n) is 10.1. The van der Waals surface area contributed by atoms with Crippen LogP contribution >= 0.6 is 0 Å². The third kappa shape index (κ3) is 14.4. The first-order chi connectivity index (χ1) is 11.2. The molecule has 0 rings (SSSR count). The topological polar surface area (TPSA) is 43.4 Å². The van der Waals surface area contributed by atoms with Gasteiger partial charge in [0, 0.05) is 24.4 Å². The summed E-state index contributed by atoms with van der Waals surface area (Å²) in [5.74, 6) is 2.75. The summed E-state index contributed by atoms with van der Waals surface area (Å²) in [5.41, 5.74) is 0. The lowest BCUT2D eigenvalue weighted by Crippen LogP contribution is -2.30. The third-order valence-corrected chi connectivity index (χ3v) is 5.70. The van der Waals surface area contributed by atoms with Gasteiger partial charge in [-0.15, -0.1) is 0 Å². The van der Waals surface area contributed by atoms with Gasteiger partial charge in [-0.05, 0) is 36.5 Å². The van der Waals surface area contributed by atoms with Gasteiger partial charge in [-0.3, -0.25) is 4.21 Å². The second-order valence-electron chi connectivity index (χ2n) is 8.58. The second-order valence-corrected chi connectivity index (χ2v) is 9.53. The lowest BCUT2D eigenvalue weighted by Gasteiger charge is -2.27. The Bertz CT molecular complexity index is 297. The van der Waals surface area contributed by atoms with Crippen molar-refractivity contribution in [2.75, 3.05) is 13.1 Å². The number of nitrogens with zero attached hydrogens (tertiary/aromatic N) is 1. The molecule has 0 aromatic rings. The average Bonchev–Trinajstić information content (AvgIpc) is 2.45. The second kappa shape index (κ2) is 14.3. The Morgan fingerprint density at radius 2 is 1.08 bits per heavy atom. The van der Waals surface area contributed by atoms with Crippen molar-refractivity contribution in [2.24, 2.45) is 23.7 Å². The molecule has 0 N–H and O–H groups in total. The van der Waals surface area contributed by atoms with Crippen LogP contribution in [0.5, 0.6) is 0 Å². The summed E-state index contributed by atoms with van der Waals surface area (Å²) in [4.78, 5) is 0. The smallest absolute Gasteiger partial charge is 0.0209 e. The van der Waals surface area contributed by atoms with Crippen molar-refractivity contribution in [2.45, 2.75) is 92.9 Å². The lowest BCUT2D eigenvalue weighted by atomic mass is 9.96. The highest BCUT2D eigenvalue weighted by molar-refractivity contribution is 7.76. The van der Waals surface area contributed by atoms with E-state index in [0.29, 0.717) is 24.9 Å². The van der Waals surface area contributed by atoms with Gasteiger partial charge in [-0.25, -0.2) is 4.31 Å². The molecule has 0 spiro atoms. The molecule has 3 atom stereocenters. The molecule has 4 heteroatoms. The number of hydrogen-bond donors (Lipinski definition) is 0. The molecule has 0 aromatic carbocycles. The molecule has 3 unspecified atom stereocenters. The van der Waals surface area contributed by atoms with Crippen LogP contribution < -0.4 is 0 Å². The van der Waals surface area contributed by atoms with E-state index < -0.39 is 11.3 Å². The first kappa shape index (κ1) is 24.1. The molecule has 0 saturated carbocycles. The van der Waals surface area contributed by atoms with E-state index in [1.807, 2.05) is 0 Å². The van der Waals surface area contributed by atoms with Crippen molar-refractivity contribution in [1.29, 1.82) is 0 Å². The largest absolute Gasteiger partial charge is 0.760 e. The van der Waals surface area contributed by atoms with Gasteiger partial charge in [0.15, 0.2) is 0 Å². The van der Waals surface area contributed by atoms with E-state index >= 15 is 0 Å². The molecule has 0 radical (unpaired) electrons. The third-order valence-electron chi connectivity index (χ3n) is 4.91. The first-order valence-corrected chi connectivity index (χ1v) is 11.1. The maximum absolute atomic E-state index is 11.5. The zero-order valence-electron chi connectivity index (χ0n) is 17.1. The van der Waals surface area contributed by atoms with Crippen LogP contribution in [0.2, 0.25) is 0 Å². The van der Waals surface area contributed by atoms with Crippen LogP contribution in [-0.4, -0.2) is 26.2 Å². The summed E-state index contributed by atoms with van der Waals surface area (Å²) < 4.78 is 24.6. The Morgan fingerprint density at radius 3 is 1.38 bits per heavy atom. The van der Waals surface area contributed by atoms with Crippen molar-refractivity contribution >= 4 is 11.3 Å². The molecule has 146 valence electrons. The highest BCUT2D eigenvalue weighted by Gasteiger charge is 2.11. The van der Waals surface area contributed by atoms with Crippen LogP contribution in [0.4, 0.5) is 0 Å². The molecule has 24 heavy (non-hydrogen) atoms. The van der Waals surface area contributed by atoms with E-state index in [9.17, 15) is 8.76 Å². The molecule has 0 aliphatic rings. The van der Waals surface area contributed by atoms with Gasteiger partial charge in [-0.2, -0.15) is 0 Å². The van der Waals surface area contributed by atoms with Crippen molar-refractivity contribution in [3.8, 4) is 0 Å². The average molecular weight is 361 g/mol. The van der Waals surface area contributed by atoms with E-state index in [-0.39, 0.29) is 0 Å². The molecule has 0 amide bonds. The highest BCUT2D eigenvalue weighted by atomic mass is 32.2. The molecule has 0 saturated heterocycles. The van der Waals surface area contributed by atoms with Gasteiger partial charge in [0.1, 0.15) is 0 Å². The molecule has 0 aliphatic carbocycles. The van der Waals surface area contributed by atoms with Gasteiger partial charge in [0.05, 0.1) is 0 Å². The maximum Gasteiger partial charge on any atom is 0.0209 e. The normalized spacial score (nSPS) is 16.1. The molecule has 3 nitrogen and oxygen atoms in total. The van der Waals surface area contributed by atoms with Crippen molar-refractivity contribution in [3.63, 3.8) is 0 Å². The van der Waals surface area contributed by atoms with Crippen LogP contribution in [0, 0.1) is 23.7 Å². The van der Waals surface area contributed by atoms with Crippen molar-refractivity contribution in [3.05, 3.63) is 0 Å². The van der Waals surface area contributed by atoms with Crippen LogP contribution in [0.15, 0.2) is 0 Å².